The Hall–Kier alpha value is -3.40. The van der Waals surface area contributed by atoms with Gasteiger partial charge in [0.05, 0.1) is 12.2 Å². The standard InChI is InChI=1S/C23H20O4/c1-2-16-26-23(25)19-10-8-18(9-11-19)22-15-13-20(27-22)12-14-21(24)17-6-4-3-5-7-17/h3-15H,2,16H2,1H3/b14-12+. The van der Waals surface area contributed by atoms with Crippen molar-refractivity contribution in [1.29, 1.82) is 0 Å². The number of hydrogen-bond donors (Lipinski definition) is 0. The van der Waals surface area contributed by atoms with Crippen LogP contribution in [0.25, 0.3) is 17.4 Å². The first-order valence-electron chi connectivity index (χ1n) is 8.82. The zero-order chi connectivity index (χ0) is 19.1. The van der Waals surface area contributed by atoms with Crippen LogP contribution in [0.15, 0.2) is 77.2 Å². The maximum Gasteiger partial charge on any atom is 0.338 e. The van der Waals surface area contributed by atoms with Crippen molar-refractivity contribution in [3.05, 3.63) is 89.7 Å². The van der Waals surface area contributed by atoms with Crippen molar-refractivity contribution >= 4 is 17.8 Å². The minimum Gasteiger partial charge on any atom is -0.462 e. The first-order valence-corrected chi connectivity index (χ1v) is 8.82. The molecule has 136 valence electrons. The van der Waals surface area contributed by atoms with Crippen molar-refractivity contribution in [3.63, 3.8) is 0 Å². The molecule has 1 aromatic heterocycles. The lowest BCUT2D eigenvalue weighted by Gasteiger charge is -2.03. The van der Waals surface area contributed by atoms with Gasteiger partial charge >= 0.3 is 5.97 Å². The summed E-state index contributed by atoms with van der Waals surface area (Å²) in [5, 5.41) is 0. The molecular weight excluding hydrogens is 340 g/mol. The van der Waals surface area contributed by atoms with Crippen LogP contribution in [0.3, 0.4) is 0 Å². The minimum atomic E-state index is -0.328. The fourth-order valence-corrected chi connectivity index (χ4v) is 2.50. The van der Waals surface area contributed by atoms with Crippen molar-refractivity contribution in [2.24, 2.45) is 0 Å². The molecule has 0 aliphatic heterocycles. The van der Waals surface area contributed by atoms with Crippen LogP contribution >= 0.6 is 0 Å². The number of ketones is 1. The maximum absolute atomic E-state index is 12.1. The van der Waals surface area contributed by atoms with Crippen LogP contribution < -0.4 is 0 Å². The molecule has 0 aliphatic rings. The first kappa shape index (κ1) is 18.4. The lowest BCUT2D eigenvalue weighted by Crippen LogP contribution is -2.05. The van der Waals surface area contributed by atoms with Crippen LogP contribution in [0.5, 0.6) is 0 Å². The molecule has 0 amide bonds. The van der Waals surface area contributed by atoms with E-state index in [4.69, 9.17) is 9.15 Å². The topological polar surface area (TPSA) is 56.5 Å². The minimum absolute atomic E-state index is 0.0801. The summed E-state index contributed by atoms with van der Waals surface area (Å²) in [6, 6.07) is 19.7. The van der Waals surface area contributed by atoms with Crippen molar-refractivity contribution in [2.45, 2.75) is 13.3 Å². The molecule has 0 saturated carbocycles. The Labute approximate surface area is 158 Å². The van der Waals surface area contributed by atoms with Crippen molar-refractivity contribution in [1.82, 2.24) is 0 Å². The van der Waals surface area contributed by atoms with E-state index >= 15 is 0 Å². The molecule has 0 fully saturated rings. The summed E-state index contributed by atoms with van der Waals surface area (Å²) in [6.45, 7) is 2.36. The van der Waals surface area contributed by atoms with Crippen LogP contribution in [0.2, 0.25) is 0 Å². The zero-order valence-corrected chi connectivity index (χ0v) is 15.1. The van der Waals surface area contributed by atoms with Crippen molar-refractivity contribution in [3.8, 4) is 11.3 Å². The second-order valence-electron chi connectivity index (χ2n) is 5.98. The number of carbonyl (C=O) groups excluding carboxylic acids is 2. The van der Waals surface area contributed by atoms with E-state index in [0.29, 0.717) is 29.3 Å². The molecule has 0 unspecified atom stereocenters. The summed E-state index contributed by atoms with van der Waals surface area (Å²) in [7, 11) is 0. The Morgan fingerprint density at radius 3 is 2.37 bits per heavy atom. The van der Waals surface area contributed by atoms with Crippen LogP contribution in [0.4, 0.5) is 0 Å². The van der Waals surface area contributed by atoms with Gasteiger partial charge in [0.2, 0.25) is 0 Å². The molecule has 0 saturated heterocycles. The summed E-state index contributed by atoms with van der Waals surface area (Å²) >= 11 is 0. The Kier molecular flexibility index (Phi) is 6.00. The predicted molar refractivity (Wildman–Crippen MR) is 105 cm³/mol. The fourth-order valence-electron chi connectivity index (χ4n) is 2.50. The van der Waals surface area contributed by atoms with Gasteiger partial charge < -0.3 is 9.15 Å². The Bertz CT molecular complexity index is 934. The van der Waals surface area contributed by atoms with E-state index in [-0.39, 0.29) is 11.8 Å². The number of rotatable bonds is 7. The highest BCUT2D eigenvalue weighted by atomic mass is 16.5. The van der Waals surface area contributed by atoms with E-state index in [1.165, 1.54) is 6.08 Å². The molecule has 0 N–H and O–H groups in total. The SMILES string of the molecule is CCCOC(=O)c1ccc(-c2ccc(/C=C/C(=O)c3ccccc3)o2)cc1. The molecule has 0 radical (unpaired) electrons. The lowest BCUT2D eigenvalue weighted by molar-refractivity contribution is 0.0505. The summed E-state index contributed by atoms with van der Waals surface area (Å²) in [5.41, 5.74) is 1.98. The number of ether oxygens (including phenoxy) is 1. The van der Waals surface area contributed by atoms with Gasteiger partial charge in [0, 0.05) is 11.1 Å². The number of furan rings is 1. The number of esters is 1. The molecule has 4 heteroatoms. The van der Waals surface area contributed by atoms with E-state index in [9.17, 15) is 9.59 Å². The van der Waals surface area contributed by atoms with Gasteiger partial charge in [-0.05, 0) is 42.8 Å². The molecule has 3 aromatic rings. The molecule has 0 aliphatic carbocycles. The van der Waals surface area contributed by atoms with Crippen molar-refractivity contribution < 1.29 is 18.7 Å². The monoisotopic (exact) mass is 360 g/mol. The molecule has 0 bridgehead atoms. The number of hydrogen-bond acceptors (Lipinski definition) is 4. The average Bonchev–Trinajstić information content (AvgIpc) is 3.20. The van der Waals surface area contributed by atoms with Gasteiger partial charge in [0.15, 0.2) is 5.78 Å². The molecule has 3 rings (SSSR count). The quantitative estimate of drug-likeness (QED) is 0.321. The maximum atomic E-state index is 12.1. The summed E-state index contributed by atoms with van der Waals surface area (Å²) in [6.07, 6.45) is 3.93. The van der Waals surface area contributed by atoms with Crippen LogP contribution in [0.1, 0.15) is 39.8 Å². The van der Waals surface area contributed by atoms with Gasteiger partial charge in [-0.3, -0.25) is 4.79 Å². The zero-order valence-electron chi connectivity index (χ0n) is 15.1. The van der Waals surface area contributed by atoms with E-state index in [1.807, 2.05) is 43.3 Å². The normalized spacial score (nSPS) is 10.9. The highest BCUT2D eigenvalue weighted by Gasteiger charge is 2.09. The van der Waals surface area contributed by atoms with E-state index < -0.39 is 0 Å². The van der Waals surface area contributed by atoms with Gasteiger partial charge in [-0.2, -0.15) is 0 Å². The third-order valence-electron chi connectivity index (χ3n) is 3.93. The molecule has 0 spiro atoms. The third-order valence-corrected chi connectivity index (χ3v) is 3.93. The summed E-state index contributed by atoms with van der Waals surface area (Å²) in [5.74, 6) is 0.838. The number of allylic oxidation sites excluding steroid dienone is 1. The predicted octanol–water partition coefficient (Wildman–Crippen LogP) is 5.41. The molecule has 4 nitrogen and oxygen atoms in total. The number of carbonyl (C=O) groups is 2. The fraction of sp³-hybridized carbons (Fsp3) is 0.130. The number of benzene rings is 2. The highest BCUT2D eigenvalue weighted by Crippen LogP contribution is 2.23. The van der Waals surface area contributed by atoms with Crippen LogP contribution in [0, 0.1) is 0 Å². The Morgan fingerprint density at radius 2 is 1.67 bits per heavy atom. The smallest absolute Gasteiger partial charge is 0.338 e. The highest BCUT2D eigenvalue weighted by molar-refractivity contribution is 6.06. The van der Waals surface area contributed by atoms with Gasteiger partial charge in [-0.15, -0.1) is 0 Å². The van der Waals surface area contributed by atoms with Crippen LogP contribution in [-0.4, -0.2) is 18.4 Å². The van der Waals surface area contributed by atoms with Gasteiger partial charge in [-0.25, -0.2) is 4.79 Å². The van der Waals surface area contributed by atoms with Gasteiger partial charge in [0.25, 0.3) is 0 Å². The molecule has 0 atom stereocenters. The lowest BCUT2D eigenvalue weighted by atomic mass is 10.1. The molecule has 27 heavy (non-hydrogen) atoms. The Morgan fingerprint density at radius 1 is 0.926 bits per heavy atom. The average molecular weight is 360 g/mol. The van der Waals surface area contributed by atoms with E-state index in [1.54, 1.807) is 36.4 Å². The summed E-state index contributed by atoms with van der Waals surface area (Å²) in [4.78, 5) is 23.9. The van der Waals surface area contributed by atoms with E-state index in [0.717, 1.165) is 12.0 Å². The van der Waals surface area contributed by atoms with E-state index in [2.05, 4.69) is 0 Å². The van der Waals surface area contributed by atoms with Crippen LogP contribution in [-0.2, 0) is 4.74 Å². The molecular formula is C23H20O4. The first-order chi connectivity index (χ1) is 13.2. The van der Waals surface area contributed by atoms with Crippen molar-refractivity contribution in [2.75, 3.05) is 6.61 Å². The Balaban J connectivity index is 1.67. The third kappa shape index (κ3) is 4.82. The second kappa shape index (κ2) is 8.81. The van der Waals surface area contributed by atoms with Gasteiger partial charge in [-0.1, -0.05) is 49.4 Å². The second-order valence-corrected chi connectivity index (χ2v) is 5.98. The molecule has 1 heterocycles. The summed E-state index contributed by atoms with van der Waals surface area (Å²) < 4.78 is 10.9. The molecule has 2 aromatic carbocycles. The largest absolute Gasteiger partial charge is 0.462 e. The van der Waals surface area contributed by atoms with Gasteiger partial charge in [0.1, 0.15) is 11.5 Å².